The van der Waals surface area contributed by atoms with E-state index in [9.17, 15) is 19.5 Å². The van der Waals surface area contributed by atoms with E-state index < -0.39 is 48.2 Å². The van der Waals surface area contributed by atoms with E-state index in [0.717, 1.165) is 0 Å². The fraction of sp³-hybridized carbons (Fsp3) is 0.529. The largest absolute Gasteiger partial charge is 0.481 e. The number of hydrogen-bond acceptors (Lipinski definition) is 8. The minimum absolute atomic E-state index is 0.0698. The van der Waals surface area contributed by atoms with Crippen LogP contribution in [0, 0.1) is 5.92 Å². The number of anilines is 1. The Labute approximate surface area is 174 Å². The zero-order chi connectivity index (χ0) is 22.2. The average molecular weight is 444 g/mol. The number of ether oxygens (including phenoxy) is 2. The quantitative estimate of drug-likeness (QED) is 0.503. The van der Waals surface area contributed by atoms with Gasteiger partial charge in [0.25, 0.3) is 0 Å². The zero-order valence-electron chi connectivity index (χ0n) is 16.3. The molecule has 0 spiro atoms. The second kappa shape index (κ2) is 8.11. The van der Waals surface area contributed by atoms with Crippen LogP contribution in [0.3, 0.4) is 0 Å². The first-order chi connectivity index (χ1) is 14.0. The van der Waals surface area contributed by atoms with E-state index in [-0.39, 0.29) is 28.9 Å². The molecule has 1 saturated heterocycles. The Morgan fingerprint density at radius 3 is 2.70 bits per heavy atom. The summed E-state index contributed by atoms with van der Waals surface area (Å²) in [4.78, 5) is 45.9. The maximum absolute atomic E-state index is 15.9. The third kappa shape index (κ3) is 4.19. The normalized spacial score (nSPS) is 26.0. The van der Waals surface area contributed by atoms with Crippen molar-refractivity contribution in [3.8, 4) is 0 Å². The summed E-state index contributed by atoms with van der Waals surface area (Å²) in [5.41, 5.74) is -1.97. The van der Waals surface area contributed by atoms with Crippen LogP contribution in [-0.2, 0) is 23.9 Å². The summed E-state index contributed by atoms with van der Waals surface area (Å²) < 4.78 is 27.8. The number of carbonyl (C=O) groups excluding carboxylic acids is 2. The van der Waals surface area contributed by atoms with Gasteiger partial charge in [0.05, 0.1) is 12.7 Å². The van der Waals surface area contributed by atoms with Crippen LogP contribution < -0.4 is 5.32 Å². The molecule has 1 amide bonds. The van der Waals surface area contributed by atoms with Gasteiger partial charge in [-0.3, -0.25) is 24.3 Å². The molecule has 1 aliphatic heterocycles. The van der Waals surface area contributed by atoms with Crippen molar-refractivity contribution < 1.29 is 33.4 Å². The number of carbonyl (C=O) groups is 3. The Morgan fingerprint density at radius 1 is 1.40 bits per heavy atom. The average Bonchev–Trinajstić information content (AvgIpc) is 3.12. The third-order valence-corrected chi connectivity index (χ3v) is 4.99. The standard InChI is InChI=1S/C17H19ClFN5O6/c1-7(25)21-16-22-13(18)12-14(23-16)24(6-20-12)15-17(3,19)9(4-11(27)28)10(30-15)5-29-8(2)26/h6,9-10,15H,4-5H2,1-3H3,(H,27,28)(H,21,22,23,25)/t9-,10+,15-,17-/m1/s1. The number of aromatic nitrogens is 4. The Morgan fingerprint density at radius 2 is 2.10 bits per heavy atom. The number of esters is 1. The van der Waals surface area contributed by atoms with Gasteiger partial charge in [-0.15, -0.1) is 0 Å². The fourth-order valence-electron chi connectivity index (χ4n) is 3.42. The number of carboxylic acid groups (broad SMARTS) is 1. The number of nitrogens with zero attached hydrogens (tertiary/aromatic N) is 4. The van der Waals surface area contributed by atoms with Gasteiger partial charge >= 0.3 is 11.9 Å². The van der Waals surface area contributed by atoms with Crippen molar-refractivity contribution in [1.82, 2.24) is 19.5 Å². The molecule has 0 unspecified atom stereocenters. The van der Waals surface area contributed by atoms with Crippen molar-refractivity contribution >= 4 is 46.6 Å². The lowest BCUT2D eigenvalue weighted by molar-refractivity contribution is -0.147. The number of fused-ring (bicyclic) bond motifs is 1. The first-order valence-corrected chi connectivity index (χ1v) is 9.25. The van der Waals surface area contributed by atoms with E-state index in [1.807, 2.05) is 0 Å². The number of hydrogen-bond donors (Lipinski definition) is 2. The summed E-state index contributed by atoms with van der Waals surface area (Å²) in [7, 11) is 0. The predicted molar refractivity (Wildman–Crippen MR) is 100 cm³/mol. The van der Waals surface area contributed by atoms with Gasteiger partial charge in [0.2, 0.25) is 11.9 Å². The molecule has 2 N–H and O–H groups in total. The number of carboxylic acids is 1. The van der Waals surface area contributed by atoms with E-state index >= 15 is 4.39 Å². The molecule has 13 heteroatoms. The van der Waals surface area contributed by atoms with E-state index in [4.69, 9.17) is 21.1 Å². The highest BCUT2D eigenvalue weighted by molar-refractivity contribution is 6.33. The summed E-state index contributed by atoms with van der Waals surface area (Å²) in [5, 5.41) is 11.5. The molecule has 0 bridgehead atoms. The molecule has 0 aromatic carbocycles. The number of rotatable bonds is 6. The smallest absolute Gasteiger partial charge is 0.303 e. The Kier molecular flexibility index (Phi) is 5.90. The molecule has 11 nitrogen and oxygen atoms in total. The van der Waals surface area contributed by atoms with E-state index in [1.165, 1.54) is 31.7 Å². The minimum atomic E-state index is -2.19. The Bertz CT molecular complexity index is 1010. The fourth-order valence-corrected chi connectivity index (χ4v) is 3.63. The lowest BCUT2D eigenvalue weighted by atomic mass is 9.85. The highest BCUT2D eigenvalue weighted by Crippen LogP contribution is 2.48. The number of nitrogens with one attached hydrogen (secondary N) is 1. The monoisotopic (exact) mass is 443 g/mol. The highest BCUT2D eigenvalue weighted by Gasteiger charge is 2.56. The van der Waals surface area contributed by atoms with Crippen LogP contribution in [0.5, 0.6) is 0 Å². The molecule has 4 atom stereocenters. The van der Waals surface area contributed by atoms with Crippen molar-refractivity contribution in [3.05, 3.63) is 11.5 Å². The number of imidazole rings is 1. The van der Waals surface area contributed by atoms with Crippen LogP contribution >= 0.6 is 11.6 Å². The lowest BCUT2D eigenvalue weighted by Gasteiger charge is -2.27. The maximum atomic E-state index is 15.9. The summed E-state index contributed by atoms with van der Waals surface area (Å²) in [6.45, 7) is 3.32. The van der Waals surface area contributed by atoms with E-state index in [1.54, 1.807) is 0 Å². The van der Waals surface area contributed by atoms with Gasteiger partial charge < -0.3 is 14.6 Å². The van der Waals surface area contributed by atoms with E-state index in [0.29, 0.717) is 0 Å². The van der Waals surface area contributed by atoms with Crippen LogP contribution in [0.15, 0.2) is 6.33 Å². The van der Waals surface area contributed by atoms with E-state index in [2.05, 4.69) is 20.3 Å². The van der Waals surface area contributed by atoms with Gasteiger partial charge in [-0.1, -0.05) is 11.6 Å². The van der Waals surface area contributed by atoms with Crippen LogP contribution in [0.4, 0.5) is 10.3 Å². The molecule has 0 radical (unpaired) electrons. The first-order valence-electron chi connectivity index (χ1n) is 8.88. The molecule has 0 saturated carbocycles. The van der Waals surface area contributed by atoms with Crippen molar-refractivity contribution in [2.75, 3.05) is 11.9 Å². The van der Waals surface area contributed by atoms with Crippen LogP contribution in [-0.4, -0.2) is 60.9 Å². The molecule has 1 fully saturated rings. The molecule has 1 aliphatic rings. The molecule has 2 aromatic heterocycles. The lowest BCUT2D eigenvalue weighted by Crippen LogP contribution is -2.37. The number of halogens is 2. The van der Waals surface area contributed by atoms with Gasteiger partial charge in [0.15, 0.2) is 22.7 Å². The van der Waals surface area contributed by atoms with Crippen molar-refractivity contribution in [2.24, 2.45) is 5.92 Å². The van der Waals surface area contributed by atoms with Gasteiger partial charge in [-0.05, 0) is 6.92 Å². The summed E-state index contributed by atoms with van der Waals surface area (Å²) in [5.74, 6) is -3.51. The molecule has 0 aliphatic carbocycles. The summed E-state index contributed by atoms with van der Waals surface area (Å²) >= 11 is 6.10. The van der Waals surface area contributed by atoms with Crippen LogP contribution in [0.25, 0.3) is 11.2 Å². The Balaban J connectivity index is 2.03. The zero-order valence-corrected chi connectivity index (χ0v) is 17.0. The highest BCUT2D eigenvalue weighted by atomic mass is 35.5. The topological polar surface area (TPSA) is 146 Å². The maximum Gasteiger partial charge on any atom is 0.303 e. The Hall–Kier alpha value is -2.86. The molecule has 30 heavy (non-hydrogen) atoms. The second-order valence-electron chi connectivity index (χ2n) is 7.03. The van der Waals surface area contributed by atoms with Crippen molar-refractivity contribution in [2.45, 2.75) is 45.2 Å². The van der Waals surface area contributed by atoms with Crippen molar-refractivity contribution in [3.63, 3.8) is 0 Å². The van der Waals surface area contributed by atoms with Crippen molar-refractivity contribution in [1.29, 1.82) is 0 Å². The van der Waals surface area contributed by atoms with Gasteiger partial charge in [0, 0.05) is 19.8 Å². The van der Waals surface area contributed by atoms with Crippen LogP contribution in [0.2, 0.25) is 5.15 Å². The SMILES string of the molecule is CC(=O)Nc1nc(Cl)c2ncn([C@@H]3O[C@@H](COC(C)=O)[C@@H](CC(=O)O)[C@@]3(C)F)c2n1. The van der Waals surface area contributed by atoms with Gasteiger partial charge in [-0.25, -0.2) is 9.37 Å². The second-order valence-corrected chi connectivity index (χ2v) is 7.39. The molecule has 162 valence electrons. The molecule has 3 rings (SSSR count). The first kappa shape index (κ1) is 21.8. The number of aliphatic carboxylic acids is 1. The number of alkyl halides is 1. The van der Waals surface area contributed by atoms with Gasteiger partial charge in [-0.2, -0.15) is 9.97 Å². The predicted octanol–water partition coefficient (Wildman–Crippen LogP) is 1.72. The molecule has 3 heterocycles. The third-order valence-electron chi connectivity index (χ3n) is 4.73. The van der Waals surface area contributed by atoms with Gasteiger partial charge in [0.1, 0.15) is 18.2 Å². The molecular weight excluding hydrogens is 425 g/mol. The van der Waals surface area contributed by atoms with Crippen LogP contribution in [0.1, 0.15) is 33.4 Å². The molecular formula is C17H19ClFN5O6. The molecule has 2 aromatic rings. The summed E-state index contributed by atoms with van der Waals surface area (Å²) in [6.07, 6.45) is -1.68. The minimum Gasteiger partial charge on any atom is -0.481 e. The summed E-state index contributed by atoms with van der Waals surface area (Å²) in [6, 6.07) is 0. The number of amides is 1.